The van der Waals surface area contributed by atoms with E-state index in [1.54, 1.807) is 30.3 Å². The van der Waals surface area contributed by atoms with Crippen LogP contribution in [-0.2, 0) is 10.1 Å². The van der Waals surface area contributed by atoms with Crippen LogP contribution in [0.2, 0.25) is 0 Å². The van der Waals surface area contributed by atoms with Crippen molar-refractivity contribution in [3.8, 4) is 5.75 Å². The summed E-state index contributed by atoms with van der Waals surface area (Å²) < 4.78 is 30.4. The molecule has 0 saturated carbocycles. The van der Waals surface area contributed by atoms with Crippen molar-refractivity contribution in [2.24, 2.45) is 0 Å². The minimum Gasteiger partial charge on any atom is -0.379 e. The second-order valence-corrected chi connectivity index (χ2v) is 7.05. The molecule has 0 radical (unpaired) electrons. The third-order valence-corrected chi connectivity index (χ3v) is 4.60. The van der Waals surface area contributed by atoms with Gasteiger partial charge in [0.25, 0.3) is 0 Å². The molecule has 0 unspecified atom stereocenters. The molecule has 0 aliphatic carbocycles. The summed E-state index contributed by atoms with van der Waals surface area (Å²) in [6, 6.07) is 11.9. The van der Waals surface area contributed by atoms with Crippen molar-refractivity contribution in [3.63, 3.8) is 0 Å². The van der Waals surface area contributed by atoms with Crippen LogP contribution >= 0.6 is 22.6 Å². The van der Waals surface area contributed by atoms with E-state index in [0.717, 1.165) is 14.7 Å². The van der Waals surface area contributed by atoms with Crippen LogP contribution in [0.15, 0.2) is 47.4 Å². The van der Waals surface area contributed by atoms with Gasteiger partial charge < -0.3 is 4.18 Å². The lowest BCUT2D eigenvalue weighted by Crippen LogP contribution is -2.10. The first-order valence-electron chi connectivity index (χ1n) is 5.66. The van der Waals surface area contributed by atoms with Crippen molar-refractivity contribution < 1.29 is 12.6 Å². The molecule has 0 N–H and O–H groups in total. The highest BCUT2D eigenvalue weighted by Crippen LogP contribution is 2.23. The lowest BCUT2D eigenvalue weighted by molar-refractivity contribution is 0.484. The molecule has 19 heavy (non-hydrogen) atoms. The van der Waals surface area contributed by atoms with Gasteiger partial charge in [0.1, 0.15) is 10.6 Å². The predicted octanol–water partition coefficient (Wildman–Crippen LogP) is 3.68. The van der Waals surface area contributed by atoms with Gasteiger partial charge in [0.2, 0.25) is 0 Å². The monoisotopic (exact) mass is 388 g/mol. The summed E-state index contributed by atoms with van der Waals surface area (Å²) >= 11 is 2.12. The fraction of sp³-hybridized carbons (Fsp3) is 0.143. The molecule has 100 valence electrons. The molecule has 0 bridgehead atoms. The van der Waals surface area contributed by atoms with Crippen LogP contribution in [0, 0.1) is 17.4 Å². The predicted molar refractivity (Wildman–Crippen MR) is 82.9 cm³/mol. The van der Waals surface area contributed by atoms with Gasteiger partial charge in [-0.25, -0.2) is 0 Å². The van der Waals surface area contributed by atoms with E-state index in [9.17, 15) is 8.42 Å². The fourth-order valence-electron chi connectivity index (χ4n) is 1.66. The summed E-state index contributed by atoms with van der Waals surface area (Å²) in [5.74, 6) is 0.365. The molecule has 0 heterocycles. The number of halogens is 1. The van der Waals surface area contributed by atoms with Crippen LogP contribution in [0.25, 0.3) is 0 Å². The first-order valence-corrected chi connectivity index (χ1v) is 8.14. The van der Waals surface area contributed by atoms with E-state index < -0.39 is 10.1 Å². The highest BCUT2D eigenvalue weighted by Gasteiger charge is 2.17. The summed E-state index contributed by atoms with van der Waals surface area (Å²) in [6.45, 7) is 3.77. The molecule has 2 aromatic rings. The number of hydrogen-bond acceptors (Lipinski definition) is 3. The molecule has 0 fully saturated rings. The van der Waals surface area contributed by atoms with Crippen LogP contribution in [-0.4, -0.2) is 8.42 Å². The second-order valence-electron chi connectivity index (χ2n) is 4.26. The zero-order chi connectivity index (χ0) is 14.0. The fourth-order valence-corrected chi connectivity index (χ4v) is 3.01. The summed E-state index contributed by atoms with van der Waals surface area (Å²) in [5, 5.41) is 0. The normalized spacial score (nSPS) is 11.3. The molecule has 0 saturated heterocycles. The van der Waals surface area contributed by atoms with Crippen LogP contribution in [0.3, 0.4) is 0 Å². The Labute approximate surface area is 126 Å². The average Bonchev–Trinajstić information content (AvgIpc) is 2.33. The van der Waals surface area contributed by atoms with Gasteiger partial charge in [-0.3, -0.25) is 0 Å². The molecule has 0 aromatic heterocycles. The zero-order valence-corrected chi connectivity index (χ0v) is 13.5. The first-order chi connectivity index (χ1) is 8.88. The zero-order valence-electron chi connectivity index (χ0n) is 10.6. The molecule has 3 nitrogen and oxygen atoms in total. The van der Waals surface area contributed by atoms with Crippen LogP contribution in [0.4, 0.5) is 0 Å². The first kappa shape index (κ1) is 14.3. The summed E-state index contributed by atoms with van der Waals surface area (Å²) in [6.07, 6.45) is 0. The van der Waals surface area contributed by atoms with Crippen molar-refractivity contribution in [3.05, 3.63) is 57.2 Å². The molecule has 2 aromatic carbocycles. The minimum atomic E-state index is -3.77. The van der Waals surface area contributed by atoms with Crippen molar-refractivity contribution in [2.45, 2.75) is 18.7 Å². The van der Waals surface area contributed by atoms with Gasteiger partial charge in [-0.05, 0) is 72.3 Å². The van der Waals surface area contributed by atoms with Gasteiger partial charge in [0.15, 0.2) is 0 Å². The Balaban J connectivity index is 2.33. The molecule has 5 heteroatoms. The van der Waals surface area contributed by atoms with Crippen molar-refractivity contribution in [1.29, 1.82) is 0 Å². The smallest absolute Gasteiger partial charge is 0.339 e. The Hall–Kier alpha value is -1.08. The van der Waals surface area contributed by atoms with E-state index in [4.69, 9.17) is 4.18 Å². The quantitative estimate of drug-likeness (QED) is 0.595. The van der Waals surface area contributed by atoms with Gasteiger partial charge >= 0.3 is 10.1 Å². The lowest BCUT2D eigenvalue weighted by atomic mass is 10.1. The second kappa shape index (κ2) is 5.50. The van der Waals surface area contributed by atoms with E-state index in [2.05, 4.69) is 22.6 Å². The molecular weight excluding hydrogens is 375 g/mol. The molecule has 0 atom stereocenters. The molecular formula is C14H13IO3S. The van der Waals surface area contributed by atoms with Gasteiger partial charge in [-0.1, -0.05) is 17.7 Å². The van der Waals surface area contributed by atoms with Gasteiger partial charge in [0, 0.05) is 3.57 Å². The average molecular weight is 388 g/mol. The van der Waals surface area contributed by atoms with E-state index >= 15 is 0 Å². The standard InChI is InChI=1S/C14H13IO3S/c1-10-3-8-14(11(2)9-10)18-19(16,17)13-6-4-12(15)5-7-13/h3-9H,1-2H3. The Morgan fingerprint density at radius 2 is 1.63 bits per heavy atom. The van der Waals surface area contributed by atoms with Crippen molar-refractivity contribution >= 4 is 32.7 Å². The maximum atomic E-state index is 12.1. The molecule has 0 amide bonds. The highest BCUT2D eigenvalue weighted by molar-refractivity contribution is 14.1. The van der Waals surface area contributed by atoms with Gasteiger partial charge in [-0.15, -0.1) is 0 Å². The van der Waals surface area contributed by atoms with Crippen LogP contribution in [0.5, 0.6) is 5.75 Å². The van der Waals surface area contributed by atoms with E-state index in [1.807, 2.05) is 26.0 Å². The summed E-state index contributed by atoms with van der Waals surface area (Å²) in [7, 11) is -3.77. The number of rotatable bonds is 3. The van der Waals surface area contributed by atoms with Gasteiger partial charge in [-0.2, -0.15) is 8.42 Å². The maximum Gasteiger partial charge on any atom is 0.339 e. The Morgan fingerprint density at radius 1 is 1.00 bits per heavy atom. The largest absolute Gasteiger partial charge is 0.379 e. The van der Waals surface area contributed by atoms with Crippen molar-refractivity contribution in [1.82, 2.24) is 0 Å². The highest BCUT2D eigenvalue weighted by atomic mass is 127. The van der Waals surface area contributed by atoms with Gasteiger partial charge in [0.05, 0.1) is 0 Å². The van der Waals surface area contributed by atoms with E-state index in [-0.39, 0.29) is 4.90 Å². The molecule has 0 spiro atoms. The topological polar surface area (TPSA) is 43.4 Å². The SMILES string of the molecule is Cc1ccc(OS(=O)(=O)c2ccc(I)cc2)c(C)c1. The molecule has 0 aliphatic rings. The van der Waals surface area contributed by atoms with E-state index in [0.29, 0.717) is 5.75 Å². The molecule has 2 rings (SSSR count). The van der Waals surface area contributed by atoms with Crippen molar-refractivity contribution in [2.75, 3.05) is 0 Å². The Morgan fingerprint density at radius 3 is 2.21 bits per heavy atom. The molecule has 0 aliphatic heterocycles. The Bertz CT molecular complexity index is 691. The summed E-state index contributed by atoms with van der Waals surface area (Å²) in [4.78, 5) is 0.160. The number of benzene rings is 2. The lowest BCUT2D eigenvalue weighted by Gasteiger charge is -2.10. The number of hydrogen-bond donors (Lipinski definition) is 0. The third kappa shape index (κ3) is 3.48. The van der Waals surface area contributed by atoms with Crippen LogP contribution < -0.4 is 4.18 Å². The number of aryl methyl sites for hydroxylation is 2. The maximum absolute atomic E-state index is 12.1. The van der Waals surface area contributed by atoms with Crippen LogP contribution in [0.1, 0.15) is 11.1 Å². The summed E-state index contributed by atoms with van der Waals surface area (Å²) in [5.41, 5.74) is 1.87. The Kier molecular flexibility index (Phi) is 4.15. The third-order valence-electron chi connectivity index (χ3n) is 2.63. The van der Waals surface area contributed by atoms with E-state index in [1.165, 1.54) is 0 Å². The minimum absolute atomic E-state index is 0.160.